The van der Waals surface area contributed by atoms with E-state index in [1.165, 1.54) is 14.2 Å². The molecule has 0 fully saturated rings. The molecular formula is C22H34N2O8P2. The van der Waals surface area contributed by atoms with Crippen LogP contribution in [0.2, 0.25) is 0 Å². The van der Waals surface area contributed by atoms with Gasteiger partial charge in [-0.1, -0.05) is 0 Å². The number of nitrogens with one attached hydrogen (secondary N) is 1. The van der Waals surface area contributed by atoms with E-state index >= 15 is 0 Å². The molecule has 0 aliphatic carbocycles. The smallest absolute Gasteiger partial charge is 0.352 e. The number of fused-ring (bicyclic) bond motifs is 3. The maximum absolute atomic E-state index is 14.2. The van der Waals surface area contributed by atoms with Crippen molar-refractivity contribution in [1.82, 2.24) is 4.98 Å². The van der Waals surface area contributed by atoms with E-state index in [4.69, 9.17) is 27.6 Å². The Kier molecular flexibility index (Phi) is 9.01. The highest BCUT2D eigenvalue weighted by molar-refractivity contribution is 7.55. The fraction of sp³-hybridized carbons (Fsp3) is 0.591. The van der Waals surface area contributed by atoms with E-state index in [1.54, 1.807) is 40.0 Å². The molecule has 0 saturated heterocycles. The summed E-state index contributed by atoms with van der Waals surface area (Å²) in [5.74, 6) is 0.0191. The molecule has 1 N–H and O–H groups in total. The van der Waals surface area contributed by atoms with Gasteiger partial charge in [0.1, 0.15) is 5.78 Å². The van der Waals surface area contributed by atoms with Crippen molar-refractivity contribution < 1.29 is 36.7 Å². The number of pyridine rings is 1. The van der Waals surface area contributed by atoms with Crippen molar-refractivity contribution in [1.29, 1.82) is 0 Å². The number of hydrogen-bond donors (Lipinski definition) is 1. The van der Waals surface area contributed by atoms with E-state index in [2.05, 4.69) is 10.3 Å². The largest absolute Gasteiger partial charge is 0.492 e. The van der Waals surface area contributed by atoms with Gasteiger partial charge in [0.15, 0.2) is 11.5 Å². The Bertz CT molecular complexity index is 1080. The Labute approximate surface area is 200 Å². The summed E-state index contributed by atoms with van der Waals surface area (Å²) in [6.45, 7) is 7.69. The van der Waals surface area contributed by atoms with Crippen LogP contribution in [0.4, 0.5) is 5.69 Å². The third kappa shape index (κ3) is 4.85. The van der Waals surface area contributed by atoms with Crippen LogP contribution in [0.5, 0.6) is 11.5 Å². The first-order chi connectivity index (χ1) is 16.3. The van der Waals surface area contributed by atoms with Crippen molar-refractivity contribution in [2.24, 2.45) is 0 Å². The van der Waals surface area contributed by atoms with Crippen LogP contribution in [0.3, 0.4) is 0 Å². The van der Waals surface area contributed by atoms with Gasteiger partial charge < -0.3 is 32.9 Å². The Balaban J connectivity index is 2.37. The lowest BCUT2D eigenvalue weighted by atomic mass is 9.97. The molecule has 0 bridgehead atoms. The summed E-state index contributed by atoms with van der Waals surface area (Å²) in [4.78, 5) is 4.55. The molecular weight excluding hydrogens is 482 g/mol. The molecule has 2 unspecified atom stereocenters. The number of hydrogen-bond acceptors (Lipinski definition) is 10. The van der Waals surface area contributed by atoms with Crippen LogP contribution in [0, 0.1) is 0 Å². The molecule has 10 nitrogen and oxygen atoms in total. The van der Waals surface area contributed by atoms with Crippen molar-refractivity contribution in [3.05, 3.63) is 23.9 Å². The summed E-state index contributed by atoms with van der Waals surface area (Å²) in [7, 11) is -4.36. The summed E-state index contributed by atoms with van der Waals surface area (Å²) < 4.78 is 62.3. The van der Waals surface area contributed by atoms with E-state index < -0.39 is 26.6 Å². The third-order valence-electron chi connectivity index (χ3n) is 5.51. The van der Waals surface area contributed by atoms with Gasteiger partial charge in [0, 0.05) is 17.1 Å². The molecule has 2 heterocycles. The zero-order valence-corrected chi connectivity index (χ0v) is 22.3. The van der Waals surface area contributed by atoms with Crippen LogP contribution in [-0.2, 0) is 27.2 Å². The predicted molar refractivity (Wildman–Crippen MR) is 131 cm³/mol. The molecule has 0 amide bonds. The van der Waals surface area contributed by atoms with E-state index in [9.17, 15) is 9.13 Å². The molecule has 0 saturated carbocycles. The quantitative estimate of drug-likeness (QED) is 0.339. The maximum atomic E-state index is 14.2. The minimum Gasteiger partial charge on any atom is -0.492 e. The minimum absolute atomic E-state index is 0.0966. The molecule has 190 valence electrons. The first-order valence-electron chi connectivity index (χ1n) is 11.4. The lowest BCUT2D eigenvalue weighted by molar-refractivity contribution is 0.202. The maximum Gasteiger partial charge on any atom is 0.352 e. The number of aromatic nitrogens is 1. The van der Waals surface area contributed by atoms with Crippen molar-refractivity contribution in [2.45, 2.75) is 45.6 Å². The number of rotatable bonds is 12. The van der Waals surface area contributed by atoms with Crippen LogP contribution in [-0.4, -0.2) is 51.4 Å². The highest BCUT2D eigenvalue weighted by atomic mass is 31.2. The Hall–Kier alpha value is -1.67. The molecule has 1 aliphatic heterocycles. The zero-order valence-electron chi connectivity index (χ0n) is 20.5. The van der Waals surface area contributed by atoms with Gasteiger partial charge in [-0.25, -0.2) is 0 Å². The standard InChI is InChI=1S/C22H34N2O8P2/c1-7-29-33(25,30-8-2)16-14-17(34(26,31-9-3)32-10-4)24-20-18(16)22(28-6)21(27-5)15-12-11-13-23-19(15)20/h11-13,16-17,24H,7-10,14H2,1-6H3. The predicted octanol–water partition coefficient (Wildman–Crippen LogP) is 5.97. The number of ether oxygens (including phenoxy) is 2. The van der Waals surface area contributed by atoms with Gasteiger partial charge in [-0.2, -0.15) is 0 Å². The van der Waals surface area contributed by atoms with E-state index in [-0.39, 0.29) is 32.8 Å². The topological polar surface area (TPSA) is 114 Å². The molecule has 12 heteroatoms. The van der Waals surface area contributed by atoms with E-state index in [0.29, 0.717) is 33.7 Å². The molecule has 2 aromatic rings. The zero-order chi connectivity index (χ0) is 24.9. The number of nitrogens with zero attached hydrogens (tertiary/aromatic N) is 1. The summed E-state index contributed by atoms with van der Waals surface area (Å²) >= 11 is 0. The molecule has 34 heavy (non-hydrogen) atoms. The molecule has 1 aliphatic rings. The van der Waals surface area contributed by atoms with Crippen LogP contribution in [0.1, 0.15) is 45.3 Å². The van der Waals surface area contributed by atoms with Gasteiger partial charge in [-0.3, -0.25) is 14.1 Å². The average molecular weight is 516 g/mol. The number of methoxy groups -OCH3 is 2. The lowest BCUT2D eigenvalue weighted by Crippen LogP contribution is -2.31. The van der Waals surface area contributed by atoms with Crippen LogP contribution in [0.25, 0.3) is 10.9 Å². The molecule has 2 atom stereocenters. The first kappa shape index (κ1) is 26.9. The molecule has 0 radical (unpaired) electrons. The Morgan fingerprint density at radius 2 is 1.47 bits per heavy atom. The second kappa shape index (κ2) is 11.4. The van der Waals surface area contributed by atoms with Gasteiger partial charge in [0.05, 0.1) is 57.5 Å². The van der Waals surface area contributed by atoms with E-state index in [1.807, 2.05) is 6.07 Å². The van der Waals surface area contributed by atoms with Crippen molar-refractivity contribution in [3.63, 3.8) is 0 Å². The monoisotopic (exact) mass is 516 g/mol. The molecule has 1 aromatic carbocycles. The second-order valence-electron chi connectivity index (χ2n) is 7.42. The van der Waals surface area contributed by atoms with E-state index in [0.717, 1.165) is 0 Å². The summed E-state index contributed by atoms with van der Waals surface area (Å²) in [6.07, 6.45) is 1.74. The summed E-state index contributed by atoms with van der Waals surface area (Å²) in [5.41, 5.74) is 0.752. The fourth-order valence-electron chi connectivity index (χ4n) is 4.35. The minimum atomic E-state index is -3.76. The van der Waals surface area contributed by atoms with Gasteiger partial charge in [-0.15, -0.1) is 0 Å². The molecule has 0 spiro atoms. The average Bonchev–Trinajstić information content (AvgIpc) is 2.83. The van der Waals surface area contributed by atoms with Gasteiger partial charge in [0.2, 0.25) is 0 Å². The van der Waals surface area contributed by atoms with Crippen molar-refractivity contribution >= 4 is 31.8 Å². The lowest BCUT2D eigenvalue weighted by Gasteiger charge is -2.39. The molecule has 3 rings (SSSR count). The SMILES string of the molecule is CCOP(=O)(OCC)C1CC(P(=O)(OCC)OCC)c2c(OC)c(OC)c3cccnc3c2N1. The molecule has 1 aromatic heterocycles. The Morgan fingerprint density at radius 1 is 0.912 bits per heavy atom. The van der Waals surface area contributed by atoms with Crippen LogP contribution in [0.15, 0.2) is 18.3 Å². The highest BCUT2D eigenvalue weighted by Crippen LogP contribution is 2.71. The Morgan fingerprint density at radius 3 is 2.00 bits per heavy atom. The van der Waals surface area contributed by atoms with Gasteiger partial charge >= 0.3 is 15.2 Å². The third-order valence-corrected chi connectivity index (χ3v) is 10.3. The normalized spacial score (nSPS) is 18.4. The highest BCUT2D eigenvalue weighted by Gasteiger charge is 2.50. The van der Waals surface area contributed by atoms with Crippen molar-refractivity contribution in [3.8, 4) is 11.5 Å². The first-order valence-corrected chi connectivity index (χ1v) is 14.6. The van der Waals surface area contributed by atoms with Gasteiger partial charge in [-0.05, 0) is 46.2 Å². The summed E-state index contributed by atoms with van der Waals surface area (Å²) in [6, 6.07) is 3.63. The van der Waals surface area contributed by atoms with Crippen LogP contribution >= 0.6 is 15.2 Å². The van der Waals surface area contributed by atoms with Crippen LogP contribution < -0.4 is 14.8 Å². The van der Waals surface area contributed by atoms with Crippen molar-refractivity contribution in [2.75, 3.05) is 46.0 Å². The second-order valence-corrected chi connectivity index (χ2v) is 11.9. The number of benzene rings is 1. The fourth-order valence-corrected chi connectivity index (χ4v) is 8.61. The number of anilines is 1. The van der Waals surface area contributed by atoms with Gasteiger partial charge in [0.25, 0.3) is 0 Å². The summed E-state index contributed by atoms with van der Waals surface area (Å²) in [5, 5.41) is 4.00.